The van der Waals surface area contributed by atoms with E-state index in [1.165, 1.54) is 19.3 Å². The van der Waals surface area contributed by atoms with Crippen molar-refractivity contribution in [3.05, 3.63) is 0 Å². The van der Waals surface area contributed by atoms with Gasteiger partial charge in [0.05, 0.1) is 0 Å². The molecule has 0 aromatic rings. The van der Waals surface area contributed by atoms with Gasteiger partial charge in [0, 0.05) is 5.54 Å². The van der Waals surface area contributed by atoms with E-state index in [4.69, 9.17) is 0 Å². The number of nitrogens with one attached hydrogen (secondary N) is 1. The molecule has 0 saturated heterocycles. The fourth-order valence-electron chi connectivity index (χ4n) is 2.09. The summed E-state index contributed by atoms with van der Waals surface area (Å²) in [5, 5.41) is 0. The van der Waals surface area contributed by atoms with Crippen LogP contribution in [-0.4, -0.2) is 26.7 Å². The fraction of sp³-hybridized carbons (Fsp3) is 1.00. The molecule has 0 aliphatic carbocycles. The summed E-state index contributed by atoms with van der Waals surface area (Å²) >= 11 is 0. The van der Waals surface area contributed by atoms with Crippen LogP contribution in [-0.2, 0) is 14.5 Å². The van der Waals surface area contributed by atoms with Crippen LogP contribution in [0.4, 0.5) is 13.2 Å². The van der Waals surface area contributed by atoms with Gasteiger partial charge >= 0.3 is 16.5 Å². The summed E-state index contributed by atoms with van der Waals surface area (Å²) < 4.78 is 65.0. The number of alkyl halides is 3. The maximum absolute atomic E-state index is 12.0. The van der Waals surface area contributed by atoms with E-state index in [0.29, 0.717) is 6.42 Å². The van der Waals surface area contributed by atoms with Crippen LogP contribution in [0.2, 0.25) is 0 Å². The Labute approximate surface area is 132 Å². The molecule has 0 rings (SSSR count). The van der Waals surface area contributed by atoms with E-state index in [0.717, 1.165) is 25.7 Å². The van der Waals surface area contributed by atoms with Crippen molar-refractivity contribution in [3.63, 3.8) is 0 Å². The van der Waals surface area contributed by atoms with E-state index >= 15 is 0 Å². The minimum Gasteiger partial charge on any atom is -0.248 e. The Hall–Kier alpha value is -0.340. The van der Waals surface area contributed by atoms with Crippen molar-refractivity contribution in [1.29, 1.82) is 0 Å². The van der Waals surface area contributed by atoms with Crippen molar-refractivity contribution in [2.75, 3.05) is 6.61 Å². The lowest BCUT2D eigenvalue weighted by Gasteiger charge is -2.25. The van der Waals surface area contributed by atoms with Crippen molar-refractivity contribution in [2.45, 2.75) is 83.9 Å². The third kappa shape index (κ3) is 13.3. The number of halogens is 3. The molecule has 0 bridgehead atoms. The van der Waals surface area contributed by atoms with Crippen LogP contribution < -0.4 is 4.72 Å². The first kappa shape index (κ1) is 21.7. The number of hydrogen-bond acceptors (Lipinski definition) is 3. The normalized spacial score (nSPS) is 13.5. The van der Waals surface area contributed by atoms with Gasteiger partial charge in [0.1, 0.15) is 0 Å². The smallest absolute Gasteiger partial charge is 0.248 e. The molecule has 0 aliphatic heterocycles. The van der Waals surface area contributed by atoms with E-state index < -0.39 is 28.6 Å². The Bertz CT molecular complexity index is 395. The molecule has 0 saturated carbocycles. The number of rotatable bonds is 12. The highest BCUT2D eigenvalue weighted by atomic mass is 32.2. The Morgan fingerprint density at radius 3 is 1.95 bits per heavy atom. The van der Waals surface area contributed by atoms with Gasteiger partial charge in [0.15, 0.2) is 6.61 Å². The van der Waals surface area contributed by atoms with E-state index in [9.17, 15) is 21.6 Å². The zero-order valence-electron chi connectivity index (χ0n) is 13.6. The molecule has 0 atom stereocenters. The van der Waals surface area contributed by atoms with Crippen molar-refractivity contribution in [1.82, 2.24) is 4.72 Å². The maximum atomic E-state index is 12.0. The van der Waals surface area contributed by atoms with Crippen LogP contribution >= 0.6 is 0 Å². The van der Waals surface area contributed by atoms with Crippen LogP contribution in [0, 0.1) is 0 Å². The molecule has 0 aromatic heterocycles. The van der Waals surface area contributed by atoms with Gasteiger partial charge in [-0.05, 0) is 20.3 Å². The minimum absolute atomic E-state index is 0.551. The maximum Gasteiger partial charge on any atom is 0.413 e. The molecule has 0 unspecified atom stereocenters. The van der Waals surface area contributed by atoms with Gasteiger partial charge in [-0.25, -0.2) is 4.18 Å². The lowest BCUT2D eigenvalue weighted by molar-refractivity contribution is -0.152. The van der Waals surface area contributed by atoms with Crippen molar-refractivity contribution < 1.29 is 25.8 Å². The molecule has 0 radical (unpaired) electrons. The summed E-state index contributed by atoms with van der Waals surface area (Å²) in [5.41, 5.74) is -0.826. The summed E-state index contributed by atoms with van der Waals surface area (Å²) in [5.74, 6) is 0. The molecular formula is C14H28F3NO3S. The topological polar surface area (TPSA) is 55.4 Å². The van der Waals surface area contributed by atoms with E-state index in [-0.39, 0.29) is 0 Å². The number of hydrogen-bond donors (Lipinski definition) is 1. The molecule has 0 heterocycles. The third-order valence-electron chi connectivity index (χ3n) is 3.18. The Morgan fingerprint density at radius 1 is 0.955 bits per heavy atom. The van der Waals surface area contributed by atoms with E-state index in [1.54, 1.807) is 13.8 Å². The van der Waals surface area contributed by atoms with Crippen LogP contribution in [0.3, 0.4) is 0 Å². The van der Waals surface area contributed by atoms with Gasteiger partial charge in [-0.1, -0.05) is 51.9 Å². The van der Waals surface area contributed by atoms with Crippen LogP contribution in [0.1, 0.15) is 72.1 Å². The predicted octanol–water partition coefficient (Wildman–Crippen LogP) is 4.32. The second-order valence-corrected chi connectivity index (χ2v) is 7.54. The second kappa shape index (κ2) is 9.72. The lowest BCUT2D eigenvalue weighted by atomic mass is 9.97. The van der Waals surface area contributed by atoms with Crippen LogP contribution in [0.5, 0.6) is 0 Å². The average Bonchev–Trinajstić information content (AvgIpc) is 2.33. The minimum atomic E-state index is -4.67. The van der Waals surface area contributed by atoms with Gasteiger partial charge in [-0.3, -0.25) is 0 Å². The molecule has 134 valence electrons. The molecule has 8 heteroatoms. The zero-order valence-corrected chi connectivity index (χ0v) is 14.4. The van der Waals surface area contributed by atoms with Gasteiger partial charge in [-0.2, -0.15) is 26.3 Å². The molecule has 0 fully saturated rings. The fourth-order valence-corrected chi connectivity index (χ4v) is 3.21. The first-order chi connectivity index (χ1) is 9.97. The predicted molar refractivity (Wildman–Crippen MR) is 80.8 cm³/mol. The first-order valence-corrected chi connectivity index (χ1v) is 9.13. The van der Waals surface area contributed by atoms with E-state index in [1.807, 2.05) is 0 Å². The summed E-state index contributed by atoms with van der Waals surface area (Å²) in [6.45, 7) is 3.61. The molecule has 4 nitrogen and oxygen atoms in total. The molecular weight excluding hydrogens is 319 g/mol. The molecule has 22 heavy (non-hydrogen) atoms. The highest BCUT2D eigenvalue weighted by Crippen LogP contribution is 2.19. The zero-order chi connectivity index (χ0) is 17.3. The third-order valence-corrected chi connectivity index (χ3v) is 4.42. The van der Waals surface area contributed by atoms with Crippen molar-refractivity contribution >= 4 is 10.3 Å². The van der Waals surface area contributed by atoms with Crippen molar-refractivity contribution in [2.24, 2.45) is 0 Å². The van der Waals surface area contributed by atoms with Crippen LogP contribution in [0.25, 0.3) is 0 Å². The number of unbranched alkanes of at least 4 members (excludes halogenated alkanes) is 6. The second-order valence-electron chi connectivity index (χ2n) is 6.19. The highest BCUT2D eigenvalue weighted by molar-refractivity contribution is 7.84. The summed E-state index contributed by atoms with van der Waals surface area (Å²) in [7, 11) is -4.40. The Kier molecular flexibility index (Phi) is 9.57. The Balaban J connectivity index is 4.01. The van der Waals surface area contributed by atoms with Crippen LogP contribution in [0.15, 0.2) is 0 Å². The quantitative estimate of drug-likeness (QED) is 0.535. The lowest BCUT2D eigenvalue weighted by Crippen LogP contribution is -2.44. The van der Waals surface area contributed by atoms with Crippen molar-refractivity contribution in [3.8, 4) is 0 Å². The summed E-state index contributed by atoms with van der Waals surface area (Å²) in [6.07, 6.45) is 3.56. The van der Waals surface area contributed by atoms with E-state index in [2.05, 4.69) is 15.8 Å². The highest BCUT2D eigenvalue weighted by Gasteiger charge is 2.33. The average molecular weight is 347 g/mol. The monoisotopic (exact) mass is 347 g/mol. The first-order valence-electron chi connectivity index (χ1n) is 7.72. The van der Waals surface area contributed by atoms with Gasteiger partial charge in [-0.15, -0.1) is 0 Å². The Morgan fingerprint density at radius 2 is 1.45 bits per heavy atom. The standard InChI is InChI=1S/C14H28F3NO3S/c1-4-5-6-7-8-9-10-11-13(2,3)18-22(19,20)21-12-14(15,16)17/h18H,4-12H2,1-3H3. The van der Waals surface area contributed by atoms with Gasteiger partial charge in [0.2, 0.25) is 0 Å². The van der Waals surface area contributed by atoms with Gasteiger partial charge < -0.3 is 0 Å². The SMILES string of the molecule is CCCCCCCCCC(C)(C)NS(=O)(=O)OCC(F)(F)F. The molecule has 0 aromatic carbocycles. The van der Waals surface area contributed by atoms with Gasteiger partial charge in [0.25, 0.3) is 0 Å². The molecule has 1 N–H and O–H groups in total. The summed E-state index contributed by atoms with van der Waals surface area (Å²) in [6, 6.07) is 0. The molecule has 0 amide bonds. The largest absolute Gasteiger partial charge is 0.413 e. The molecule has 0 aliphatic rings. The molecule has 0 spiro atoms. The summed E-state index contributed by atoms with van der Waals surface area (Å²) in [4.78, 5) is 0.